The predicted molar refractivity (Wildman–Crippen MR) is 99.4 cm³/mol. The maximum Gasteiger partial charge on any atom is 0.346 e. The van der Waals surface area contributed by atoms with E-state index in [-0.39, 0.29) is 5.91 Å². The number of imide groups is 1. The molecule has 1 N–H and O–H groups in total. The molecule has 0 bridgehead atoms. The Morgan fingerprint density at radius 2 is 1.67 bits per heavy atom. The number of rotatable bonds is 5. The van der Waals surface area contributed by atoms with Gasteiger partial charge in [-0.05, 0) is 37.7 Å². The van der Waals surface area contributed by atoms with Crippen LogP contribution in [0.2, 0.25) is 0 Å². The van der Waals surface area contributed by atoms with Crippen LogP contribution in [-0.4, -0.2) is 50.0 Å². The van der Waals surface area contributed by atoms with Crippen LogP contribution in [0.25, 0.3) is 0 Å². The molecule has 1 aromatic carbocycles. The van der Waals surface area contributed by atoms with E-state index in [0.717, 1.165) is 17.9 Å². The quantitative estimate of drug-likeness (QED) is 0.631. The molecule has 2 fully saturated rings. The van der Waals surface area contributed by atoms with Gasteiger partial charge in [-0.25, -0.2) is 4.79 Å². The van der Waals surface area contributed by atoms with Crippen LogP contribution < -0.4 is 19.5 Å². The SMILES string of the molecule is COc1cc(OC)c(OC)cc1/C=N\N1C(=O)NC2(CCC(C)CC2)C1=O. The average Bonchev–Trinajstić information content (AvgIpc) is 2.91. The molecule has 27 heavy (non-hydrogen) atoms. The van der Waals surface area contributed by atoms with Gasteiger partial charge in [-0.15, -0.1) is 5.01 Å². The maximum absolute atomic E-state index is 12.9. The normalized spacial score (nSPS) is 25.2. The molecule has 1 aliphatic carbocycles. The lowest BCUT2D eigenvalue weighted by atomic mass is 9.77. The van der Waals surface area contributed by atoms with Crippen molar-refractivity contribution in [3.8, 4) is 17.2 Å². The summed E-state index contributed by atoms with van der Waals surface area (Å²) in [4.78, 5) is 25.2. The molecule has 1 aromatic rings. The Morgan fingerprint density at radius 3 is 2.26 bits per heavy atom. The first kappa shape index (κ1) is 19.0. The van der Waals surface area contributed by atoms with Gasteiger partial charge >= 0.3 is 6.03 Å². The predicted octanol–water partition coefficient (Wildman–Crippen LogP) is 2.55. The van der Waals surface area contributed by atoms with E-state index in [0.29, 0.717) is 41.6 Å². The van der Waals surface area contributed by atoms with Crippen LogP contribution in [0, 0.1) is 5.92 Å². The monoisotopic (exact) mass is 375 g/mol. The van der Waals surface area contributed by atoms with E-state index >= 15 is 0 Å². The molecular formula is C19H25N3O5. The van der Waals surface area contributed by atoms with Crippen molar-refractivity contribution >= 4 is 18.2 Å². The number of nitrogens with zero attached hydrogens (tertiary/aromatic N) is 2. The topological polar surface area (TPSA) is 89.5 Å². The molecule has 8 heteroatoms. The van der Waals surface area contributed by atoms with E-state index in [1.54, 1.807) is 12.1 Å². The van der Waals surface area contributed by atoms with Gasteiger partial charge in [0, 0.05) is 11.6 Å². The fourth-order valence-electron chi connectivity index (χ4n) is 3.58. The molecule has 8 nitrogen and oxygen atoms in total. The second-order valence-corrected chi connectivity index (χ2v) is 7.01. The Hall–Kier alpha value is -2.77. The molecule has 0 unspecified atom stereocenters. The summed E-state index contributed by atoms with van der Waals surface area (Å²) in [6.07, 6.45) is 4.53. The van der Waals surface area contributed by atoms with Gasteiger partial charge in [0.2, 0.25) is 0 Å². The summed E-state index contributed by atoms with van der Waals surface area (Å²) in [5, 5.41) is 7.89. The summed E-state index contributed by atoms with van der Waals surface area (Å²) in [5.41, 5.74) is -0.253. The lowest BCUT2D eigenvalue weighted by molar-refractivity contribution is -0.132. The Morgan fingerprint density at radius 1 is 1.07 bits per heavy atom. The van der Waals surface area contributed by atoms with Crippen LogP contribution in [0.1, 0.15) is 38.2 Å². The van der Waals surface area contributed by atoms with Crippen molar-refractivity contribution in [3.05, 3.63) is 17.7 Å². The first-order valence-electron chi connectivity index (χ1n) is 8.95. The van der Waals surface area contributed by atoms with Crippen molar-refractivity contribution < 1.29 is 23.8 Å². The minimum atomic E-state index is -0.817. The third-order valence-electron chi connectivity index (χ3n) is 5.32. The van der Waals surface area contributed by atoms with Crippen molar-refractivity contribution in [1.29, 1.82) is 0 Å². The highest BCUT2D eigenvalue weighted by molar-refractivity contribution is 6.07. The summed E-state index contributed by atoms with van der Waals surface area (Å²) in [6.45, 7) is 2.16. The number of hydrazone groups is 1. The highest BCUT2D eigenvalue weighted by Gasteiger charge is 2.52. The summed E-state index contributed by atoms with van der Waals surface area (Å²) in [7, 11) is 4.57. The zero-order chi connectivity index (χ0) is 19.6. The van der Waals surface area contributed by atoms with E-state index in [1.807, 2.05) is 0 Å². The molecule has 1 spiro atoms. The van der Waals surface area contributed by atoms with Crippen LogP contribution in [-0.2, 0) is 4.79 Å². The van der Waals surface area contributed by atoms with Gasteiger partial charge in [0.1, 0.15) is 11.3 Å². The van der Waals surface area contributed by atoms with E-state index in [4.69, 9.17) is 14.2 Å². The van der Waals surface area contributed by atoms with Crippen molar-refractivity contribution in [2.75, 3.05) is 21.3 Å². The summed E-state index contributed by atoms with van der Waals surface area (Å²) >= 11 is 0. The first-order valence-corrected chi connectivity index (χ1v) is 8.95. The number of hydrogen-bond acceptors (Lipinski definition) is 6. The van der Waals surface area contributed by atoms with Crippen LogP contribution in [0.4, 0.5) is 4.79 Å². The summed E-state index contributed by atoms with van der Waals surface area (Å²) in [6, 6.07) is 2.85. The molecule has 1 aliphatic heterocycles. The second-order valence-electron chi connectivity index (χ2n) is 7.01. The molecule has 146 valence electrons. The lowest BCUT2D eigenvalue weighted by Crippen LogP contribution is -2.49. The minimum absolute atomic E-state index is 0.296. The number of benzene rings is 1. The number of carbonyl (C=O) groups excluding carboxylic acids is 2. The van der Waals surface area contributed by atoms with Gasteiger partial charge in [-0.3, -0.25) is 4.79 Å². The molecule has 2 aliphatic rings. The standard InChI is InChI=1S/C19H25N3O5/c1-12-5-7-19(8-6-12)17(23)22(18(24)21-19)20-11-13-9-15(26-3)16(27-4)10-14(13)25-2/h9-12H,5-8H2,1-4H3,(H,21,24)/b20-11-. The molecule has 1 saturated carbocycles. The number of methoxy groups -OCH3 is 3. The average molecular weight is 375 g/mol. The van der Waals surface area contributed by atoms with E-state index in [1.165, 1.54) is 27.5 Å². The maximum atomic E-state index is 12.9. The first-order chi connectivity index (χ1) is 12.9. The Labute approximate surface area is 158 Å². The number of urea groups is 1. The third-order valence-corrected chi connectivity index (χ3v) is 5.32. The molecule has 3 amide bonds. The molecular weight excluding hydrogens is 350 g/mol. The van der Waals surface area contributed by atoms with Crippen molar-refractivity contribution in [2.45, 2.75) is 38.1 Å². The molecule has 1 saturated heterocycles. The number of amides is 3. The number of hydrogen-bond donors (Lipinski definition) is 1. The Bertz CT molecular complexity index is 769. The van der Waals surface area contributed by atoms with Gasteiger partial charge in [0.15, 0.2) is 11.5 Å². The van der Waals surface area contributed by atoms with Gasteiger partial charge < -0.3 is 19.5 Å². The third kappa shape index (κ3) is 3.43. The van der Waals surface area contributed by atoms with E-state index in [2.05, 4.69) is 17.3 Å². The Balaban J connectivity index is 1.85. The van der Waals surface area contributed by atoms with E-state index < -0.39 is 11.6 Å². The van der Waals surface area contributed by atoms with Crippen molar-refractivity contribution in [3.63, 3.8) is 0 Å². The second kappa shape index (κ2) is 7.46. The Kier molecular flexibility index (Phi) is 5.25. The zero-order valence-electron chi connectivity index (χ0n) is 16.1. The highest BCUT2D eigenvalue weighted by Crippen LogP contribution is 2.37. The lowest BCUT2D eigenvalue weighted by Gasteiger charge is -2.33. The molecule has 1 heterocycles. The highest BCUT2D eigenvalue weighted by atomic mass is 16.5. The largest absolute Gasteiger partial charge is 0.496 e. The van der Waals surface area contributed by atoms with Crippen LogP contribution in [0.5, 0.6) is 17.2 Å². The molecule has 3 rings (SSSR count). The van der Waals surface area contributed by atoms with Gasteiger partial charge in [0.25, 0.3) is 5.91 Å². The fourth-order valence-corrected chi connectivity index (χ4v) is 3.58. The number of ether oxygens (including phenoxy) is 3. The summed E-state index contributed by atoms with van der Waals surface area (Å²) in [5.74, 6) is 1.76. The van der Waals surface area contributed by atoms with Crippen molar-refractivity contribution in [2.24, 2.45) is 11.0 Å². The van der Waals surface area contributed by atoms with Crippen molar-refractivity contribution in [1.82, 2.24) is 10.3 Å². The fraction of sp³-hybridized carbons (Fsp3) is 0.526. The van der Waals surface area contributed by atoms with Crippen LogP contribution >= 0.6 is 0 Å². The molecule has 0 aromatic heterocycles. The van der Waals surface area contributed by atoms with Gasteiger partial charge in [-0.2, -0.15) is 5.10 Å². The zero-order valence-corrected chi connectivity index (χ0v) is 16.1. The van der Waals surface area contributed by atoms with E-state index in [9.17, 15) is 9.59 Å². The summed E-state index contributed by atoms with van der Waals surface area (Å²) < 4.78 is 15.9. The van der Waals surface area contributed by atoms with Crippen LogP contribution in [0.3, 0.4) is 0 Å². The van der Waals surface area contributed by atoms with Gasteiger partial charge in [0.05, 0.1) is 27.5 Å². The molecule has 0 radical (unpaired) electrons. The molecule has 0 atom stereocenters. The number of carbonyl (C=O) groups is 2. The van der Waals surface area contributed by atoms with Gasteiger partial charge in [-0.1, -0.05) is 6.92 Å². The minimum Gasteiger partial charge on any atom is -0.496 e. The smallest absolute Gasteiger partial charge is 0.346 e. The number of nitrogens with one attached hydrogen (secondary N) is 1. The van der Waals surface area contributed by atoms with Crippen LogP contribution in [0.15, 0.2) is 17.2 Å².